The smallest absolute Gasteiger partial charge is 0.289 e. The number of piperidine rings is 1. The average molecular weight is 307 g/mol. The van der Waals surface area contributed by atoms with Crippen LogP contribution in [0.4, 0.5) is 0 Å². The number of nitrogens with zero attached hydrogens (tertiary/aromatic N) is 1. The Bertz CT molecular complexity index is 569. The lowest BCUT2D eigenvalue weighted by molar-refractivity contribution is 0.0671. The molecule has 1 aliphatic heterocycles. The zero-order chi connectivity index (χ0) is 14.0. The Labute approximate surface area is 116 Å². The van der Waals surface area contributed by atoms with Crippen LogP contribution in [-0.2, 0) is 10.0 Å². The molecule has 1 N–H and O–H groups in total. The second kappa shape index (κ2) is 5.52. The number of hydrogen-bond acceptors (Lipinski definition) is 4. The molecule has 1 aliphatic rings. The summed E-state index contributed by atoms with van der Waals surface area (Å²) in [5.74, 6) is -0.100. The summed E-state index contributed by atoms with van der Waals surface area (Å²) in [6, 6.07) is 2.77. The number of halogens is 1. The van der Waals surface area contributed by atoms with Gasteiger partial charge in [0.1, 0.15) is 0 Å². The standard InChI is InChI=1S/C11H15ClN2O4S/c1-19(16,17)13-8-3-2-6-14(7-8)11(15)9-4-5-10(12)18-9/h4-5,8,13H,2-3,6-7H2,1H3. The number of amides is 1. The van der Waals surface area contributed by atoms with Crippen molar-refractivity contribution in [2.24, 2.45) is 0 Å². The van der Waals surface area contributed by atoms with Crippen LogP contribution < -0.4 is 4.72 Å². The van der Waals surface area contributed by atoms with E-state index >= 15 is 0 Å². The maximum Gasteiger partial charge on any atom is 0.289 e. The van der Waals surface area contributed by atoms with Gasteiger partial charge in [-0.25, -0.2) is 13.1 Å². The predicted octanol–water partition coefficient (Wildman–Crippen LogP) is 1.09. The number of hydrogen-bond donors (Lipinski definition) is 1. The molecule has 0 saturated carbocycles. The molecular formula is C11H15ClN2O4S. The maximum absolute atomic E-state index is 12.1. The van der Waals surface area contributed by atoms with Crippen LogP contribution in [0.25, 0.3) is 0 Å². The molecule has 2 heterocycles. The van der Waals surface area contributed by atoms with Crippen molar-refractivity contribution in [3.05, 3.63) is 23.1 Å². The summed E-state index contributed by atoms with van der Waals surface area (Å²) in [7, 11) is -3.27. The summed E-state index contributed by atoms with van der Waals surface area (Å²) in [4.78, 5) is 13.7. The molecule has 0 aromatic carbocycles. The van der Waals surface area contributed by atoms with Crippen LogP contribution in [0.5, 0.6) is 0 Å². The van der Waals surface area contributed by atoms with Crippen LogP contribution >= 0.6 is 11.6 Å². The van der Waals surface area contributed by atoms with Crippen LogP contribution in [0, 0.1) is 0 Å². The van der Waals surface area contributed by atoms with Crippen LogP contribution in [0.1, 0.15) is 23.4 Å². The van der Waals surface area contributed by atoms with E-state index < -0.39 is 10.0 Å². The van der Waals surface area contributed by atoms with Gasteiger partial charge in [0.2, 0.25) is 10.0 Å². The van der Waals surface area contributed by atoms with E-state index in [1.54, 1.807) is 4.90 Å². The number of furan rings is 1. The van der Waals surface area contributed by atoms with E-state index in [0.29, 0.717) is 13.1 Å². The maximum atomic E-state index is 12.1. The van der Waals surface area contributed by atoms with Gasteiger partial charge < -0.3 is 9.32 Å². The van der Waals surface area contributed by atoms with Gasteiger partial charge >= 0.3 is 0 Å². The highest BCUT2D eigenvalue weighted by Gasteiger charge is 2.27. The third kappa shape index (κ3) is 3.95. The summed E-state index contributed by atoms with van der Waals surface area (Å²) < 4.78 is 30.0. The minimum Gasteiger partial charge on any atom is -0.440 e. The Morgan fingerprint density at radius 3 is 2.84 bits per heavy atom. The van der Waals surface area contributed by atoms with E-state index in [4.69, 9.17) is 16.0 Å². The van der Waals surface area contributed by atoms with Crippen molar-refractivity contribution in [2.45, 2.75) is 18.9 Å². The molecule has 1 amide bonds. The molecule has 6 nitrogen and oxygen atoms in total. The van der Waals surface area contributed by atoms with E-state index in [0.717, 1.165) is 19.1 Å². The Balaban J connectivity index is 2.03. The first-order valence-corrected chi connectivity index (χ1v) is 8.14. The van der Waals surface area contributed by atoms with Crippen molar-refractivity contribution < 1.29 is 17.6 Å². The van der Waals surface area contributed by atoms with E-state index in [1.165, 1.54) is 12.1 Å². The molecular weight excluding hydrogens is 292 g/mol. The molecule has 1 saturated heterocycles. The number of likely N-dealkylation sites (tertiary alicyclic amines) is 1. The molecule has 1 aromatic heterocycles. The lowest BCUT2D eigenvalue weighted by atomic mass is 10.1. The highest BCUT2D eigenvalue weighted by atomic mass is 35.5. The fourth-order valence-electron chi connectivity index (χ4n) is 2.15. The summed E-state index contributed by atoms with van der Waals surface area (Å²) in [6.07, 6.45) is 2.57. The largest absolute Gasteiger partial charge is 0.440 e. The minimum absolute atomic E-state index is 0.158. The predicted molar refractivity (Wildman–Crippen MR) is 70.6 cm³/mol. The van der Waals surface area contributed by atoms with Crippen molar-refractivity contribution in [3.63, 3.8) is 0 Å². The van der Waals surface area contributed by atoms with Gasteiger partial charge in [-0.2, -0.15) is 0 Å². The fourth-order valence-corrected chi connectivity index (χ4v) is 3.09. The van der Waals surface area contributed by atoms with Crippen LogP contribution in [-0.4, -0.2) is 44.6 Å². The molecule has 1 fully saturated rings. The Hall–Kier alpha value is -1.05. The minimum atomic E-state index is -3.27. The van der Waals surface area contributed by atoms with Crippen molar-refractivity contribution in [1.29, 1.82) is 0 Å². The van der Waals surface area contributed by atoms with Gasteiger partial charge in [0.05, 0.1) is 6.26 Å². The zero-order valence-electron chi connectivity index (χ0n) is 10.4. The number of nitrogens with one attached hydrogen (secondary N) is 1. The molecule has 8 heteroatoms. The van der Waals surface area contributed by atoms with Gasteiger partial charge in [-0.1, -0.05) is 0 Å². The first kappa shape index (κ1) is 14.4. The Morgan fingerprint density at radius 2 is 2.26 bits per heavy atom. The average Bonchev–Trinajstić information content (AvgIpc) is 2.73. The molecule has 0 aliphatic carbocycles. The van der Waals surface area contributed by atoms with E-state index in [-0.39, 0.29) is 22.9 Å². The number of sulfonamides is 1. The molecule has 1 aromatic rings. The molecule has 106 valence electrons. The molecule has 1 unspecified atom stereocenters. The van der Waals surface area contributed by atoms with Gasteiger partial charge in [-0.3, -0.25) is 4.79 Å². The molecule has 0 bridgehead atoms. The summed E-state index contributed by atoms with van der Waals surface area (Å²) in [5, 5.41) is 0.158. The third-order valence-electron chi connectivity index (χ3n) is 2.87. The van der Waals surface area contributed by atoms with Gasteiger partial charge in [-0.15, -0.1) is 0 Å². The topological polar surface area (TPSA) is 79.6 Å². The van der Waals surface area contributed by atoms with Gasteiger partial charge in [0.15, 0.2) is 11.0 Å². The van der Waals surface area contributed by atoms with Crippen molar-refractivity contribution >= 4 is 27.5 Å². The Morgan fingerprint density at radius 1 is 1.53 bits per heavy atom. The molecule has 19 heavy (non-hydrogen) atoms. The number of carbonyl (C=O) groups excluding carboxylic acids is 1. The monoisotopic (exact) mass is 306 g/mol. The summed E-state index contributed by atoms with van der Waals surface area (Å²) in [5.41, 5.74) is 0. The SMILES string of the molecule is CS(=O)(=O)NC1CCCN(C(=O)c2ccc(Cl)o2)C1. The molecule has 0 spiro atoms. The number of carbonyl (C=O) groups is 1. The lowest BCUT2D eigenvalue weighted by Gasteiger charge is -2.32. The van der Waals surface area contributed by atoms with E-state index in [2.05, 4.69) is 4.72 Å². The molecule has 0 radical (unpaired) electrons. The molecule has 2 rings (SSSR count). The third-order valence-corrected chi connectivity index (χ3v) is 3.84. The highest BCUT2D eigenvalue weighted by molar-refractivity contribution is 7.88. The van der Waals surface area contributed by atoms with Crippen molar-refractivity contribution in [2.75, 3.05) is 19.3 Å². The first-order chi connectivity index (χ1) is 8.85. The highest BCUT2D eigenvalue weighted by Crippen LogP contribution is 2.18. The van der Waals surface area contributed by atoms with Crippen molar-refractivity contribution in [3.8, 4) is 0 Å². The van der Waals surface area contributed by atoms with E-state index in [9.17, 15) is 13.2 Å². The lowest BCUT2D eigenvalue weighted by Crippen LogP contribution is -2.49. The first-order valence-electron chi connectivity index (χ1n) is 5.87. The Kier molecular flexibility index (Phi) is 4.17. The summed E-state index contributed by atoms with van der Waals surface area (Å²) in [6.45, 7) is 0.920. The second-order valence-corrected chi connectivity index (χ2v) is 6.74. The fraction of sp³-hybridized carbons (Fsp3) is 0.545. The van der Waals surface area contributed by atoms with Crippen LogP contribution in [0.3, 0.4) is 0 Å². The number of rotatable bonds is 3. The normalized spacial score (nSPS) is 20.5. The quantitative estimate of drug-likeness (QED) is 0.906. The second-order valence-electron chi connectivity index (χ2n) is 4.58. The molecule has 1 atom stereocenters. The summed E-state index contributed by atoms with van der Waals surface area (Å²) >= 11 is 5.63. The zero-order valence-corrected chi connectivity index (χ0v) is 12.0. The van der Waals surface area contributed by atoms with Crippen LogP contribution in [0.2, 0.25) is 5.22 Å². The van der Waals surface area contributed by atoms with Gasteiger partial charge in [-0.05, 0) is 36.6 Å². The van der Waals surface area contributed by atoms with Crippen molar-refractivity contribution in [1.82, 2.24) is 9.62 Å². The van der Waals surface area contributed by atoms with Gasteiger partial charge in [0, 0.05) is 19.1 Å². The van der Waals surface area contributed by atoms with Crippen LogP contribution in [0.15, 0.2) is 16.5 Å². The van der Waals surface area contributed by atoms with E-state index in [1.807, 2.05) is 0 Å². The van der Waals surface area contributed by atoms with Gasteiger partial charge in [0.25, 0.3) is 5.91 Å².